The summed E-state index contributed by atoms with van der Waals surface area (Å²) in [6.45, 7) is 4.55. The molecule has 0 bridgehead atoms. The highest BCUT2D eigenvalue weighted by Gasteiger charge is 2.34. The molecule has 0 fully saturated rings. The number of hydrogen-bond donors (Lipinski definition) is 1. The summed E-state index contributed by atoms with van der Waals surface area (Å²) in [4.78, 5) is 0. The monoisotopic (exact) mass is 347 g/mol. The third kappa shape index (κ3) is 4.70. The number of rotatable bonds is 4. The van der Waals surface area contributed by atoms with Crippen LogP contribution in [0.2, 0.25) is 0 Å². The maximum atomic E-state index is 13.8. The van der Waals surface area contributed by atoms with Crippen molar-refractivity contribution in [2.45, 2.75) is 44.2 Å². The number of benzene rings is 1. The number of nitrogens with one attached hydrogen (secondary N) is 1. The van der Waals surface area contributed by atoms with Crippen LogP contribution in [0.3, 0.4) is 0 Å². The molecule has 22 heavy (non-hydrogen) atoms. The van der Waals surface area contributed by atoms with E-state index in [0.717, 1.165) is 0 Å². The molecule has 0 heterocycles. The molecule has 0 saturated heterocycles. The van der Waals surface area contributed by atoms with Crippen LogP contribution in [0, 0.1) is 5.82 Å². The Morgan fingerprint density at radius 3 is 2.05 bits per heavy atom. The van der Waals surface area contributed by atoms with Crippen LogP contribution in [0.4, 0.5) is 26.3 Å². The SMILES string of the molecule is CC(C)(C)[S@@](=O)NC(c1ccc(C(F)(F)F)cc1F)C(F)F. The van der Waals surface area contributed by atoms with Crippen molar-refractivity contribution in [3.8, 4) is 0 Å². The first-order valence-corrected chi connectivity index (χ1v) is 7.32. The molecule has 1 aromatic rings. The van der Waals surface area contributed by atoms with Gasteiger partial charge in [-0.15, -0.1) is 0 Å². The highest BCUT2D eigenvalue weighted by atomic mass is 32.2. The molecule has 2 atom stereocenters. The summed E-state index contributed by atoms with van der Waals surface area (Å²) in [5, 5.41) is 0. The van der Waals surface area contributed by atoms with Gasteiger partial charge in [0.2, 0.25) is 0 Å². The molecule has 0 saturated carbocycles. The first-order chi connectivity index (χ1) is 9.84. The van der Waals surface area contributed by atoms with Gasteiger partial charge >= 0.3 is 6.18 Å². The van der Waals surface area contributed by atoms with E-state index in [1.807, 2.05) is 0 Å². The molecule has 1 rings (SSSR count). The second kappa shape index (κ2) is 6.57. The molecule has 0 aliphatic heterocycles. The minimum absolute atomic E-state index is 0.145. The van der Waals surface area contributed by atoms with E-state index in [4.69, 9.17) is 0 Å². The van der Waals surface area contributed by atoms with Crippen LogP contribution in [0.5, 0.6) is 0 Å². The van der Waals surface area contributed by atoms with Gasteiger partial charge in [-0.05, 0) is 32.9 Å². The van der Waals surface area contributed by atoms with E-state index in [0.29, 0.717) is 12.1 Å². The minimum Gasteiger partial charge on any atom is -0.242 e. The van der Waals surface area contributed by atoms with Crippen LogP contribution in [-0.4, -0.2) is 15.4 Å². The summed E-state index contributed by atoms with van der Waals surface area (Å²) in [5.41, 5.74) is -1.95. The van der Waals surface area contributed by atoms with Crippen molar-refractivity contribution in [1.82, 2.24) is 4.72 Å². The largest absolute Gasteiger partial charge is 0.416 e. The fourth-order valence-corrected chi connectivity index (χ4v) is 2.31. The van der Waals surface area contributed by atoms with Gasteiger partial charge in [0.05, 0.1) is 21.3 Å². The molecule has 126 valence electrons. The van der Waals surface area contributed by atoms with E-state index in [9.17, 15) is 30.6 Å². The van der Waals surface area contributed by atoms with Gasteiger partial charge in [0.25, 0.3) is 6.43 Å². The average molecular weight is 347 g/mol. The number of halogens is 6. The van der Waals surface area contributed by atoms with E-state index in [-0.39, 0.29) is 6.07 Å². The van der Waals surface area contributed by atoms with Crippen LogP contribution in [0.25, 0.3) is 0 Å². The van der Waals surface area contributed by atoms with Crippen molar-refractivity contribution in [2.75, 3.05) is 0 Å². The van der Waals surface area contributed by atoms with Crippen molar-refractivity contribution >= 4 is 11.0 Å². The zero-order valence-electron chi connectivity index (χ0n) is 12.0. The zero-order chi connectivity index (χ0) is 17.3. The normalized spacial score (nSPS) is 15.9. The van der Waals surface area contributed by atoms with E-state index in [1.54, 1.807) is 0 Å². The molecule has 2 nitrogen and oxygen atoms in total. The van der Waals surface area contributed by atoms with Crippen LogP contribution in [-0.2, 0) is 17.2 Å². The number of alkyl halides is 5. The predicted octanol–water partition coefficient (Wildman–Crippen LogP) is 4.20. The molecule has 1 aromatic carbocycles. The maximum Gasteiger partial charge on any atom is 0.416 e. The summed E-state index contributed by atoms with van der Waals surface area (Å²) in [7, 11) is -1.94. The van der Waals surface area contributed by atoms with E-state index < -0.39 is 51.3 Å². The van der Waals surface area contributed by atoms with Gasteiger partial charge in [-0.2, -0.15) is 13.2 Å². The average Bonchev–Trinajstić information content (AvgIpc) is 2.33. The maximum absolute atomic E-state index is 13.8. The molecule has 0 aliphatic carbocycles. The molecule has 1 N–H and O–H groups in total. The fourth-order valence-electron chi connectivity index (χ4n) is 1.50. The first kappa shape index (κ1) is 19.0. The van der Waals surface area contributed by atoms with Gasteiger partial charge in [-0.3, -0.25) is 0 Å². The second-order valence-electron chi connectivity index (χ2n) is 5.55. The molecule has 0 amide bonds. The second-order valence-corrected chi connectivity index (χ2v) is 7.54. The standard InChI is InChI=1S/C13H15F6NOS/c1-12(2,3)22(21)20-10(11(15)16)8-5-4-7(6-9(8)14)13(17,18)19/h4-6,10-11,20H,1-3H3/t10?,22-/m1/s1. The molecular formula is C13H15F6NOS. The number of hydrogen-bond acceptors (Lipinski definition) is 1. The van der Waals surface area contributed by atoms with Gasteiger partial charge < -0.3 is 0 Å². The Balaban J connectivity index is 3.16. The first-order valence-electron chi connectivity index (χ1n) is 6.17. The Labute approximate surface area is 126 Å². The quantitative estimate of drug-likeness (QED) is 0.813. The molecule has 0 aliphatic rings. The van der Waals surface area contributed by atoms with Crippen LogP contribution in [0.15, 0.2) is 18.2 Å². The summed E-state index contributed by atoms with van der Waals surface area (Å²) in [6.07, 6.45) is -7.92. The van der Waals surface area contributed by atoms with Crippen molar-refractivity contribution in [3.05, 3.63) is 35.1 Å². The van der Waals surface area contributed by atoms with Crippen molar-refractivity contribution < 1.29 is 30.6 Å². The van der Waals surface area contributed by atoms with Crippen LogP contribution in [0.1, 0.15) is 37.9 Å². The lowest BCUT2D eigenvalue weighted by Crippen LogP contribution is -2.38. The smallest absolute Gasteiger partial charge is 0.242 e. The Hall–Kier alpha value is -1.09. The summed E-state index contributed by atoms with van der Waals surface area (Å²) >= 11 is 0. The van der Waals surface area contributed by atoms with Gasteiger partial charge in [-0.1, -0.05) is 6.07 Å². The lowest BCUT2D eigenvalue weighted by atomic mass is 10.0. The summed E-state index contributed by atoms with van der Waals surface area (Å²) in [6, 6.07) is -0.689. The Morgan fingerprint density at radius 1 is 1.14 bits per heavy atom. The summed E-state index contributed by atoms with van der Waals surface area (Å²) in [5.74, 6) is -1.43. The highest BCUT2D eigenvalue weighted by Crippen LogP contribution is 2.33. The lowest BCUT2D eigenvalue weighted by Gasteiger charge is -2.24. The third-order valence-electron chi connectivity index (χ3n) is 2.71. The van der Waals surface area contributed by atoms with Crippen molar-refractivity contribution in [1.29, 1.82) is 0 Å². The zero-order valence-corrected chi connectivity index (χ0v) is 12.8. The molecule has 1 unspecified atom stereocenters. The molecule has 0 aromatic heterocycles. The van der Waals surface area contributed by atoms with Crippen LogP contribution >= 0.6 is 0 Å². The van der Waals surface area contributed by atoms with Crippen molar-refractivity contribution in [3.63, 3.8) is 0 Å². The Kier molecular flexibility index (Phi) is 5.66. The van der Waals surface area contributed by atoms with E-state index in [2.05, 4.69) is 4.72 Å². The van der Waals surface area contributed by atoms with Gasteiger partial charge in [0.1, 0.15) is 11.9 Å². The topological polar surface area (TPSA) is 29.1 Å². The molecule has 0 spiro atoms. The van der Waals surface area contributed by atoms with E-state index >= 15 is 0 Å². The summed E-state index contributed by atoms with van der Waals surface area (Å²) < 4.78 is 90.3. The highest BCUT2D eigenvalue weighted by molar-refractivity contribution is 7.84. The molecule has 0 radical (unpaired) electrons. The van der Waals surface area contributed by atoms with Crippen molar-refractivity contribution in [2.24, 2.45) is 0 Å². The fraction of sp³-hybridized carbons (Fsp3) is 0.538. The molecular weight excluding hydrogens is 332 g/mol. The minimum atomic E-state index is -4.78. The lowest BCUT2D eigenvalue weighted by molar-refractivity contribution is -0.137. The Morgan fingerprint density at radius 2 is 1.68 bits per heavy atom. The van der Waals surface area contributed by atoms with E-state index in [1.165, 1.54) is 20.8 Å². The molecule has 9 heteroatoms. The van der Waals surface area contributed by atoms with Crippen LogP contribution < -0.4 is 4.72 Å². The third-order valence-corrected chi connectivity index (χ3v) is 4.29. The predicted molar refractivity (Wildman–Crippen MR) is 71.2 cm³/mol. The Bertz CT molecular complexity index is 552. The van der Waals surface area contributed by atoms with Gasteiger partial charge in [-0.25, -0.2) is 22.1 Å². The van der Waals surface area contributed by atoms with Gasteiger partial charge in [0.15, 0.2) is 0 Å². The van der Waals surface area contributed by atoms with Gasteiger partial charge in [0, 0.05) is 5.56 Å².